The largest absolute Gasteiger partial charge is 0.496 e. The molecule has 116 valence electrons. The maximum atomic E-state index is 12.1. The number of carbonyl (C=O) groups is 1. The summed E-state index contributed by atoms with van der Waals surface area (Å²) >= 11 is 5.91. The van der Waals surface area contributed by atoms with E-state index in [4.69, 9.17) is 20.8 Å². The number of hydrazone groups is 1. The number of amides is 1. The highest BCUT2D eigenvalue weighted by atomic mass is 35.5. The number of nitrogens with zero attached hydrogens (tertiary/aromatic N) is 1. The summed E-state index contributed by atoms with van der Waals surface area (Å²) in [6.45, 7) is 0. The van der Waals surface area contributed by atoms with Gasteiger partial charge in [0.1, 0.15) is 11.3 Å². The third-order valence-electron chi connectivity index (χ3n) is 3.21. The first-order valence-corrected chi connectivity index (χ1v) is 7.20. The zero-order valence-corrected chi connectivity index (χ0v) is 13.0. The Morgan fingerprint density at radius 2 is 2.09 bits per heavy atom. The summed E-state index contributed by atoms with van der Waals surface area (Å²) in [6, 6.07) is 14.1. The Morgan fingerprint density at radius 3 is 2.91 bits per heavy atom. The van der Waals surface area contributed by atoms with Gasteiger partial charge in [0.15, 0.2) is 5.76 Å². The van der Waals surface area contributed by atoms with Crippen molar-refractivity contribution in [3.8, 4) is 5.75 Å². The normalized spacial score (nSPS) is 11.0. The van der Waals surface area contributed by atoms with Crippen LogP contribution in [0.1, 0.15) is 16.1 Å². The van der Waals surface area contributed by atoms with E-state index in [-0.39, 0.29) is 5.76 Å². The number of ether oxygens (including phenoxy) is 1. The van der Waals surface area contributed by atoms with Crippen molar-refractivity contribution in [2.45, 2.75) is 0 Å². The highest BCUT2D eigenvalue weighted by Crippen LogP contribution is 2.23. The van der Waals surface area contributed by atoms with E-state index in [0.29, 0.717) is 16.4 Å². The fraction of sp³-hybridized carbons (Fsp3) is 0.0588. The van der Waals surface area contributed by atoms with Gasteiger partial charge in [-0.1, -0.05) is 23.7 Å². The number of furan rings is 1. The molecule has 0 radical (unpaired) electrons. The molecular formula is C17H13ClN2O3. The molecule has 3 rings (SSSR count). The average molecular weight is 329 g/mol. The van der Waals surface area contributed by atoms with Gasteiger partial charge in [-0.2, -0.15) is 5.10 Å². The van der Waals surface area contributed by atoms with Gasteiger partial charge < -0.3 is 9.15 Å². The Bertz CT molecular complexity index is 886. The zero-order valence-electron chi connectivity index (χ0n) is 12.2. The molecule has 1 N–H and O–H groups in total. The molecule has 2 aromatic carbocycles. The van der Waals surface area contributed by atoms with Crippen LogP contribution in [0.5, 0.6) is 5.75 Å². The molecule has 0 aliphatic rings. The zero-order chi connectivity index (χ0) is 16.2. The fourth-order valence-corrected chi connectivity index (χ4v) is 2.30. The number of hydrogen-bond donors (Lipinski definition) is 1. The molecule has 0 saturated carbocycles. The van der Waals surface area contributed by atoms with E-state index in [9.17, 15) is 4.79 Å². The highest BCUT2D eigenvalue weighted by Gasteiger charge is 2.11. The summed E-state index contributed by atoms with van der Waals surface area (Å²) in [7, 11) is 1.57. The number of rotatable bonds is 4. The van der Waals surface area contributed by atoms with Crippen molar-refractivity contribution >= 4 is 34.7 Å². The lowest BCUT2D eigenvalue weighted by molar-refractivity contribution is 0.0929. The van der Waals surface area contributed by atoms with Crippen LogP contribution in [0, 0.1) is 0 Å². The summed E-state index contributed by atoms with van der Waals surface area (Å²) in [5.41, 5.74) is 3.77. The van der Waals surface area contributed by atoms with Gasteiger partial charge in [0, 0.05) is 16.0 Å². The second-order valence-corrected chi connectivity index (χ2v) is 5.17. The molecule has 5 nitrogen and oxygen atoms in total. The van der Waals surface area contributed by atoms with Crippen molar-refractivity contribution in [3.05, 3.63) is 64.9 Å². The van der Waals surface area contributed by atoms with E-state index >= 15 is 0 Å². The van der Waals surface area contributed by atoms with E-state index in [1.807, 2.05) is 24.3 Å². The van der Waals surface area contributed by atoms with Crippen molar-refractivity contribution < 1.29 is 13.9 Å². The van der Waals surface area contributed by atoms with Crippen molar-refractivity contribution in [3.63, 3.8) is 0 Å². The fourth-order valence-electron chi connectivity index (χ4n) is 2.11. The van der Waals surface area contributed by atoms with Crippen LogP contribution in [0.15, 0.2) is 58.0 Å². The maximum Gasteiger partial charge on any atom is 0.307 e. The molecule has 0 atom stereocenters. The van der Waals surface area contributed by atoms with Crippen LogP contribution in [0.3, 0.4) is 0 Å². The second-order valence-electron chi connectivity index (χ2n) is 4.73. The van der Waals surface area contributed by atoms with Gasteiger partial charge in [-0.15, -0.1) is 0 Å². The predicted octanol–water partition coefficient (Wildman–Crippen LogP) is 3.86. The summed E-state index contributed by atoms with van der Waals surface area (Å²) in [6.07, 6.45) is 1.51. The van der Waals surface area contributed by atoms with Gasteiger partial charge >= 0.3 is 5.91 Å². The standard InChI is InChI=1S/C17H13ClN2O3/c1-22-14-5-3-2-4-11(14)10-19-20-17(21)16-9-12-8-13(18)6-7-15(12)23-16/h2-10H,1H3,(H,20,21)/b19-10+. The number of benzene rings is 2. The second kappa shape index (κ2) is 6.54. The number of nitrogens with one attached hydrogen (secondary N) is 1. The third kappa shape index (κ3) is 3.35. The molecule has 6 heteroatoms. The molecule has 0 unspecified atom stereocenters. The van der Waals surface area contributed by atoms with Gasteiger partial charge in [0.05, 0.1) is 13.3 Å². The molecule has 1 heterocycles. The lowest BCUT2D eigenvalue weighted by atomic mass is 10.2. The lowest BCUT2D eigenvalue weighted by Gasteiger charge is -2.02. The van der Waals surface area contributed by atoms with Gasteiger partial charge in [0.25, 0.3) is 0 Å². The highest BCUT2D eigenvalue weighted by molar-refractivity contribution is 6.31. The molecule has 3 aromatic rings. The third-order valence-corrected chi connectivity index (χ3v) is 3.45. The predicted molar refractivity (Wildman–Crippen MR) is 89.3 cm³/mol. The number of carbonyl (C=O) groups excluding carboxylic acids is 1. The molecule has 1 aromatic heterocycles. The summed E-state index contributed by atoms with van der Waals surface area (Å²) < 4.78 is 10.7. The summed E-state index contributed by atoms with van der Waals surface area (Å²) in [5.74, 6) is 0.395. The Labute approximate surface area is 137 Å². The van der Waals surface area contributed by atoms with Crippen LogP contribution >= 0.6 is 11.6 Å². The molecule has 0 fully saturated rings. The molecule has 0 bridgehead atoms. The molecule has 0 spiro atoms. The van der Waals surface area contributed by atoms with Crippen LogP contribution in [0.2, 0.25) is 5.02 Å². The molecule has 23 heavy (non-hydrogen) atoms. The monoisotopic (exact) mass is 328 g/mol. The van der Waals surface area contributed by atoms with E-state index in [0.717, 1.165) is 10.9 Å². The smallest absolute Gasteiger partial charge is 0.307 e. The van der Waals surface area contributed by atoms with Gasteiger partial charge in [-0.05, 0) is 36.4 Å². The number of methoxy groups -OCH3 is 1. The topological polar surface area (TPSA) is 63.8 Å². The minimum atomic E-state index is -0.441. The Hall–Kier alpha value is -2.79. The average Bonchev–Trinajstić information content (AvgIpc) is 2.98. The SMILES string of the molecule is COc1ccccc1/C=N/NC(=O)c1cc2cc(Cl)ccc2o1. The van der Waals surface area contributed by atoms with E-state index in [2.05, 4.69) is 10.5 Å². The van der Waals surface area contributed by atoms with Gasteiger partial charge in [0.2, 0.25) is 0 Å². The first kappa shape index (κ1) is 15.1. The Morgan fingerprint density at radius 1 is 1.26 bits per heavy atom. The molecular weight excluding hydrogens is 316 g/mol. The van der Waals surface area contributed by atoms with Crippen molar-refractivity contribution in [2.24, 2.45) is 5.10 Å². The number of hydrogen-bond acceptors (Lipinski definition) is 4. The van der Waals surface area contributed by atoms with Gasteiger partial charge in [-0.25, -0.2) is 5.43 Å². The number of para-hydroxylation sites is 1. The minimum Gasteiger partial charge on any atom is -0.496 e. The van der Waals surface area contributed by atoms with Crippen LogP contribution < -0.4 is 10.2 Å². The Balaban J connectivity index is 1.74. The Kier molecular flexibility index (Phi) is 4.30. The van der Waals surface area contributed by atoms with Crippen LogP contribution in [0.4, 0.5) is 0 Å². The molecule has 0 aliphatic heterocycles. The summed E-state index contributed by atoms with van der Waals surface area (Å²) in [4.78, 5) is 12.1. The molecule has 0 saturated heterocycles. The lowest BCUT2D eigenvalue weighted by Crippen LogP contribution is -2.16. The number of halogens is 1. The van der Waals surface area contributed by atoms with E-state index in [1.165, 1.54) is 6.21 Å². The minimum absolute atomic E-state index is 0.166. The van der Waals surface area contributed by atoms with Gasteiger partial charge in [-0.3, -0.25) is 4.79 Å². The molecule has 1 amide bonds. The van der Waals surface area contributed by atoms with Crippen LogP contribution in [0.25, 0.3) is 11.0 Å². The maximum absolute atomic E-state index is 12.1. The van der Waals surface area contributed by atoms with Crippen molar-refractivity contribution in [1.82, 2.24) is 5.43 Å². The summed E-state index contributed by atoms with van der Waals surface area (Å²) in [5, 5.41) is 5.27. The molecule has 0 aliphatic carbocycles. The first-order chi connectivity index (χ1) is 11.2. The van der Waals surface area contributed by atoms with E-state index in [1.54, 1.807) is 31.4 Å². The first-order valence-electron chi connectivity index (χ1n) is 6.83. The van der Waals surface area contributed by atoms with Crippen molar-refractivity contribution in [1.29, 1.82) is 0 Å². The van der Waals surface area contributed by atoms with Crippen LogP contribution in [-0.2, 0) is 0 Å². The quantitative estimate of drug-likeness (QED) is 0.584. The van der Waals surface area contributed by atoms with Crippen LogP contribution in [-0.4, -0.2) is 19.2 Å². The van der Waals surface area contributed by atoms with E-state index < -0.39 is 5.91 Å². The number of fused-ring (bicyclic) bond motifs is 1. The van der Waals surface area contributed by atoms with Crippen molar-refractivity contribution in [2.75, 3.05) is 7.11 Å².